The molecule has 5 heteroatoms. The number of nitrogens with zero attached hydrogens (tertiary/aromatic N) is 3. The van der Waals surface area contributed by atoms with Crippen LogP contribution < -0.4 is 5.32 Å². The first-order chi connectivity index (χ1) is 10.1. The van der Waals surface area contributed by atoms with Crippen LogP contribution in [0.15, 0.2) is 18.3 Å². The van der Waals surface area contributed by atoms with Gasteiger partial charge in [0, 0.05) is 19.2 Å². The van der Waals surface area contributed by atoms with Gasteiger partial charge in [-0.15, -0.1) is 0 Å². The highest BCUT2D eigenvalue weighted by atomic mass is 35.5. The number of nitrogens with one attached hydrogen (secondary N) is 1. The standard InChI is InChI=1S/C16H23ClN4/c1-5-18-13(16-11(3)8-7-9-19-16)10-14-15(17)12(4)20-21(14)6-2/h7-9,13,18H,5-6,10H2,1-4H3. The van der Waals surface area contributed by atoms with Gasteiger partial charge in [-0.25, -0.2) is 0 Å². The Hall–Kier alpha value is -1.39. The Balaban J connectivity index is 2.35. The molecule has 1 atom stereocenters. The van der Waals surface area contributed by atoms with E-state index in [2.05, 4.69) is 42.2 Å². The van der Waals surface area contributed by atoms with Gasteiger partial charge in [-0.1, -0.05) is 24.6 Å². The van der Waals surface area contributed by atoms with E-state index in [1.807, 2.05) is 23.9 Å². The maximum atomic E-state index is 6.43. The van der Waals surface area contributed by atoms with Crippen LogP contribution in [0, 0.1) is 13.8 Å². The van der Waals surface area contributed by atoms with Crippen molar-refractivity contribution in [2.75, 3.05) is 6.54 Å². The van der Waals surface area contributed by atoms with Gasteiger partial charge in [0.15, 0.2) is 0 Å². The number of halogens is 1. The molecule has 0 aliphatic carbocycles. The van der Waals surface area contributed by atoms with E-state index in [1.165, 1.54) is 5.56 Å². The predicted octanol–water partition coefficient (Wildman–Crippen LogP) is 3.46. The van der Waals surface area contributed by atoms with Gasteiger partial charge < -0.3 is 5.32 Å². The zero-order valence-electron chi connectivity index (χ0n) is 13.2. The number of hydrogen-bond acceptors (Lipinski definition) is 3. The molecule has 2 aromatic rings. The summed E-state index contributed by atoms with van der Waals surface area (Å²) in [7, 11) is 0. The van der Waals surface area contributed by atoms with Crippen LogP contribution in [0.1, 0.15) is 42.5 Å². The van der Waals surface area contributed by atoms with Crippen LogP contribution >= 0.6 is 11.6 Å². The third-order valence-corrected chi connectivity index (χ3v) is 4.17. The fourth-order valence-corrected chi connectivity index (χ4v) is 2.84. The highest BCUT2D eigenvalue weighted by molar-refractivity contribution is 6.31. The van der Waals surface area contributed by atoms with Crippen molar-refractivity contribution < 1.29 is 0 Å². The second-order valence-corrected chi connectivity index (χ2v) is 5.56. The SMILES string of the molecule is CCNC(Cc1c(Cl)c(C)nn1CC)c1ncccc1C. The molecule has 21 heavy (non-hydrogen) atoms. The summed E-state index contributed by atoms with van der Waals surface area (Å²) < 4.78 is 1.99. The van der Waals surface area contributed by atoms with Gasteiger partial charge in [0.2, 0.25) is 0 Å². The summed E-state index contributed by atoms with van der Waals surface area (Å²) in [4.78, 5) is 4.55. The van der Waals surface area contributed by atoms with Crippen LogP contribution in [0.25, 0.3) is 0 Å². The Labute approximate surface area is 131 Å². The lowest BCUT2D eigenvalue weighted by Gasteiger charge is -2.20. The van der Waals surface area contributed by atoms with Crippen molar-refractivity contribution in [3.05, 3.63) is 46.0 Å². The van der Waals surface area contributed by atoms with E-state index in [0.29, 0.717) is 0 Å². The number of aromatic nitrogens is 3. The molecular weight excluding hydrogens is 284 g/mol. The molecule has 0 radical (unpaired) electrons. The number of pyridine rings is 1. The molecule has 0 aliphatic heterocycles. The largest absolute Gasteiger partial charge is 0.309 e. The molecule has 0 aliphatic rings. The van der Waals surface area contributed by atoms with Crippen LogP contribution in [0.5, 0.6) is 0 Å². The third-order valence-electron chi connectivity index (χ3n) is 3.68. The molecule has 0 aromatic carbocycles. The van der Waals surface area contributed by atoms with Gasteiger partial charge in [-0.05, 0) is 38.9 Å². The average Bonchev–Trinajstić information content (AvgIpc) is 2.75. The quantitative estimate of drug-likeness (QED) is 0.888. The Bertz CT molecular complexity index is 606. The first-order valence-corrected chi connectivity index (χ1v) is 7.82. The number of aryl methyl sites for hydroxylation is 3. The molecule has 114 valence electrons. The van der Waals surface area contributed by atoms with E-state index in [4.69, 9.17) is 11.6 Å². The maximum Gasteiger partial charge on any atom is 0.0847 e. The highest BCUT2D eigenvalue weighted by Gasteiger charge is 2.20. The molecule has 2 heterocycles. The van der Waals surface area contributed by atoms with E-state index in [1.54, 1.807) is 0 Å². The van der Waals surface area contributed by atoms with Gasteiger partial charge in [-0.2, -0.15) is 5.10 Å². The van der Waals surface area contributed by atoms with Gasteiger partial charge in [0.1, 0.15) is 0 Å². The molecule has 2 rings (SSSR count). The Morgan fingerprint density at radius 1 is 1.33 bits per heavy atom. The molecule has 0 fully saturated rings. The summed E-state index contributed by atoms with van der Waals surface area (Å²) in [5.41, 5.74) is 4.24. The fraction of sp³-hybridized carbons (Fsp3) is 0.500. The van der Waals surface area contributed by atoms with Crippen LogP contribution in [-0.4, -0.2) is 21.3 Å². The lowest BCUT2D eigenvalue weighted by Crippen LogP contribution is -2.26. The number of hydrogen-bond donors (Lipinski definition) is 1. The Morgan fingerprint density at radius 2 is 2.10 bits per heavy atom. The predicted molar refractivity (Wildman–Crippen MR) is 86.7 cm³/mol. The Kier molecular flexibility index (Phi) is 5.37. The molecule has 0 saturated carbocycles. The van der Waals surface area contributed by atoms with Crippen LogP contribution in [0.4, 0.5) is 0 Å². The lowest BCUT2D eigenvalue weighted by molar-refractivity contribution is 0.504. The highest BCUT2D eigenvalue weighted by Crippen LogP contribution is 2.26. The molecule has 0 saturated heterocycles. The molecular formula is C16H23ClN4. The monoisotopic (exact) mass is 306 g/mol. The smallest absolute Gasteiger partial charge is 0.0847 e. The minimum Gasteiger partial charge on any atom is -0.309 e. The molecule has 0 spiro atoms. The first-order valence-electron chi connectivity index (χ1n) is 7.45. The second kappa shape index (κ2) is 7.05. The van der Waals surface area contributed by atoms with Gasteiger partial charge in [-0.3, -0.25) is 9.67 Å². The van der Waals surface area contributed by atoms with Crippen LogP contribution in [0.2, 0.25) is 5.02 Å². The Morgan fingerprint density at radius 3 is 2.71 bits per heavy atom. The minimum absolute atomic E-state index is 0.148. The van der Waals surface area contributed by atoms with Crippen molar-refractivity contribution in [3.63, 3.8) is 0 Å². The van der Waals surface area contributed by atoms with Crippen molar-refractivity contribution in [1.82, 2.24) is 20.1 Å². The van der Waals surface area contributed by atoms with E-state index in [-0.39, 0.29) is 6.04 Å². The normalized spacial score (nSPS) is 12.6. The van der Waals surface area contributed by atoms with Crippen molar-refractivity contribution in [3.8, 4) is 0 Å². The summed E-state index contributed by atoms with van der Waals surface area (Å²) in [6, 6.07) is 4.21. The first kappa shape index (κ1) is 16.0. The minimum atomic E-state index is 0.148. The fourth-order valence-electron chi connectivity index (χ4n) is 2.63. The summed E-state index contributed by atoms with van der Waals surface area (Å²) in [5, 5.41) is 8.78. The zero-order chi connectivity index (χ0) is 15.4. The van der Waals surface area contributed by atoms with Gasteiger partial charge >= 0.3 is 0 Å². The average molecular weight is 307 g/mol. The molecule has 1 N–H and O–H groups in total. The molecule has 1 unspecified atom stereocenters. The third kappa shape index (κ3) is 3.44. The summed E-state index contributed by atoms with van der Waals surface area (Å²) in [5.74, 6) is 0. The maximum absolute atomic E-state index is 6.43. The van der Waals surface area contributed by atoms with Crippen molar-refractivity contribution in [1.29, 1.82) is 0 Å². The molecule has 0 bridgehead atoms. The van der Waals surface area contributed by atoms with Crippen molar-refractivity contribution in [2.45, 2.75) is 46.7 Å². The second-order valence-electron chi connectivity index (χ2n) is 5.18. The summed E-state index contributed by atoms with van der Waals surface area (Å²) >= 11 is 6.43. The molecule has 0 amide bonds. The molecule has 2 aromatic heterocycles. The topological polar surface area (TPSA) is 42.7 Å². The van der Waals surface area contributed by atoms with Crippen LogP contribution in [-0.2, 0) is 13.0 Å². The lowest BCUT2D eigenvalue weighted by atomic mass is 10.0. The van der Waals surface area contributed by atoms with Gasteiger partial charge in [0.25, 0.3) is 0 Å². The van der Waals surface area contributed by atoms with Gasteiger partial charge in [0.05, 0.1) is 28.1 Å². The zero-order valence-corrected chi connectivity index (χ0v) is 13.9. The van der Waals surface area contributed by atoms with E-state index >= 15 is 0 Å². The number of rotatable bonds is 6. The van der Waals surface area contributed by atoms with E-state index in [9.17, 15) is 0 Å². The van der Waals surface area contributed by atoms with Crippen molar-refractivity contribution in [2.24, 2.45) is 0 Å². The van der Waals surface area contributed by atoms with Crippen LogP contribution in [0.3, 0.4) is 0 Å². The number of likely N-dealkylation sites (N-methyl/N-ethyl adjacent to an activating group) is 1. The molecule has 4 nitrogen and oxygen atoms in total. The van der Waals surface area contributed by atoms with Crippen molar-refractivity contribution >= 4 is 11.6 Å². The summed E-state index contributed by atoms with van der Waals surface area (Å²) in [6.07, 6.45) is 2.63. The van der Waals surface area contributed by atoms with E-state index in [0.717, 1.165) is 41.6 Å². The van der Waals surface area contributed by atoms with E-state index < -0.39 is 0 Å². The summed E-state index contributed by atoms with van der Waals surface area (Å²) in [6.45, 7) is 9.94.